The van der Waals surface area contributed by atoms with E-state index in [-0.39, 0.29) is 11.9 Å². The average molecular weight is 195 g/mol. The second-order valence-corrected chi connectivity index (χ2v) is 3.58. The van der Waals surface area contributed by atoms with Gasteiger partial charge in [0.2, 0.25) is 0 Å². The van der Waals surface area contributed by atoms with Crippen molar-refractivity contribution < 1.29 is 9.13 Å². The van der Waals surface area contributed by atoms with E-state index in [0.29, 0.717) is 5.75 Å². The molecule has 0 spiro atoms. The van der Waals surface area contributed by atoms with Crippen molar-refractivity contribution in [3.05, 3.63) is 29.1 Å². The van der Waals surface area contributed by atoms with Crippen LogP contribution < -0.4 is 10.1 Å². The molecule has 1 aromatic rings. The lowest BCUT2D eigenvalue weighted by Crippen LogP contribution is -2.28. The van der Waals surface area contributed by atoms with Gasteiger partial charge in [-0.2, -0.15) is 0 Å². The summed E-state index contributed by atoms with van der Waals surface area (Å²) >= 11 is 0. The summed E-state index contributed by atoms with van der Waals surface area (Å²) in [5, 5.41) is 3.30. The molecule has 0 saturated carbocycles. The second-order valence-electron chi connectivity index (χ2n) is 3.58. The van der Waals surface area contributed by atoms with Crippen molar-refractivity contribution >= 4 is 0 Å². The summed E-state index contributed by atoms with van der Waals surface area (Å²) in [6.07, 6.45) is 0.739. The number of rotatable bonds is 1. The minimum atomic E-state index is -0.196. The van der Waals surface area contributed by atoms with Gasteiger partial charge in [0.15, 0.2) is 11.6 Å². The molecule has 1 aliphatic heterocycles. The highest BCUT2D eigenvalue weighted by molar-refractivity contribution is 5.40. The zero-order valence-electron chi connectivity index (χ0n) is 8.43. The Morgan fingerprint density at radius 3 is 3.00 bits per heavy atom. The molecule has 1 aliphatic rings. The summed E-state index contributed by atoms with van der Waals surface area (Å²) in [4.78, 5) is 0. The first kappa shape index (κ1) is 9.46. The van der Waals surface area contributed by atoms with Crippen molar-refractivity contribution in [1.29, 1.82) is 0 Å². The van der Waals surface area contributed by atoms with Crippen molar-refractivity contribution in [2.24, 2.45) is 0 Å². The Bertz CT molecular complexity index is 351. The summed E-state index contributed by atoms with van der Waals surface area (Å²) in [6, 6.07) is 3.87. The van der Waals surface area contributed by atoms with Gasteiger partial charge in [0.1, 0.15) is 0 Å². The zero-order chi connectivity index (χ0) is 10.1. The molecule has 0 saturated heterocycles. The van der Waals surface area contributed by atoms with Crippen LogP contribution in [0, 0.1) is 5.82 Å². The summed E-state index contributed by atoms with van der Waals surface area (Å²) in [5.74, 6) is 0.149. The van der Waals surface area contributed by atoms with Crippen LogP contribution in [0.4, 0.5) is 4.39 Å². The van der Waals surface area contributed by atoms with Crippen LogP contribution in [0.2, 0.25) is 0 Å². The first-order valence-electron chi connectivity index (χ1n) is 4.82. The van der Waals surface area contributed by atoms with E-state index in [0.717, 1.165) is 24.1 Å². The number of methoxy groups -OCH3 is 1. The molecule has 0 aliphatic carbocycles. The SMILES string of the molecule is COc1ccc2c(c1F)CCN[C@H]2C. The minimum absolute atomic E-state index is 0.196. The van der Waals surface area contributed by atoms with Gasteiger partial charge in [0.25, 0.3) is 0 Å². The van der Waals surface area contributed by atoms with Crippen LogP contribution in [0.5, 0.6) is 5.75 Å². The van der Waals surface area contributed by atoms with E-state index >= 15 is 0 Å². The first-order chi connectivity index (χ1) is 6.74. The lowest BCUT2D eigenvalue weighted by molar-refractivity contribution is 0.380. The molecular weight excluding hydrogens is 181 g/mol. The number of nitrogens with one attached hydrogen (secondary N) is 1. The van der Waals surface area contributed by atoms with Gasteiger partial charge < -0.3 is 10.1 Å². The smallest absolute Gasteiger partial charge is 0.168 e. The molecule has 76 valence electrons. The maximum absolute atomic E-state index is 13.8. The molecule has 3 heteroatoms. The molecule has 2 rings (SSSR count). The third-order valence-corrected chi connectivity index (χ3v) is 2.76. The highest BCUT2D eigenvalue weighted by Gasteiger charge is 2.20. The van der Waals surface area contributed by atoms with Gasteiger partial charge in [0.05, 0.1) is 7.11 Å². The molecule has 0 bridgehead atoms. The zero-order valence-corrected chi connectivity index (χ0v) is 8.43. The Hall–Kier alpha value is -1.09. The quantitative estimate of drug-likeness (QED) is 0.740. The third kappa shape index (κ3) is 1.38. The molecule has 0 fully saturated rings. The number of benzene rings is 1. The van der Waals surface area contributed by atoms with Gasteiger partial charge in [0, 0.05) is 6.04 Å². The van der Waals surface area contributed by atoms with Crippen LogP contribution in [0.1, 0.15) is 24.1 Å². The second kappa shape index (κ2) is 3.58. The minimum Gasteiger partial charge on any atom is -0.494 e. The molecule has 1 heterocycles. The molecule has 2 nitrogen and oxygen atoms in total. The Kier molecular flexibility index (Phi) is 2.42. The van der Waals surface area contributed by atoms with Crippen molar-refractivity contribution in [2.45, 2.75) is 19.4 Å². The summed E-state index contributed by atoms with van der Waals surface area (Å²) in [6.45, 7) is 2.88. The Morgan fingerprint density at radius 1 is 1.50 bits per heavy atom. The van der Waals surface area contributed by atoms with E-state index in [9.17, 15) is 4.39 Å². The Morgan fingerprint density at radius 2 is 2.29 bits per heavy atom. The molecule has 1 aromatic carbocycles. The van der Waals surface area contributed by atoms with E-state index in [1.54, 1.807) is 6.07 Å². The number of hydrogen-bond donors (Lipinski definition) is 1. The highest BCUT2D eigenvalue weighted by Crippen LogP contribution is 2.29. The van der Waals surface area contributed by atoms with Crippen LogP contribution in [0.25, 0.3) is 0 Å². The topological polar surface area (TPSA) is 21.3 Å². The van der Waals surface area contributed by atoms with Crippen molar-refractivity contribution in [1.82, 2.24) is 5.32 Å². The number of ether oxygens (including phenoxy) is 1. The lowest BCUT2D eigenvalue weighted by atomic mass is 9.94. The Labute approximate surface area is 83.1 Å². The fraction of sp³-hybridized carbons (Fsp3) is 0.455. The van der Waals surface area contributed by atoms with E-state index in [2.05, 4.69) is 5.32 Å². The van der Waals surface area contributed by atoms with Crippen LogP contribution in [0.3, 0.4) is 0 Å². The van der Waals surface area contributed by atoms with E-state index in [1.807, 2.05) is 13.0 Å². The molecule has 1 atom stereocenters. The molecule has 14 heavy (non-hydrogen) atoms. The van der Waals surface area contributed by atoms with Crippen molar-refractivity contribution in [2.75, 3.05) is 13.7 Å². The number of fused-ring (bicyclic) bond motifs is 1. The first-order valence-corrected chi connectivity index (χ1v) is 4.82. The maximum Gasteiger partial charge on any atom is 0.168 e. The fourth-order valence-corrected chi connectivity index (χ4v) is 1.96. The van der Waals surface area contributed by atoms with E-state index < -0.39 is 0 Å². The van der Waals surface area contributed by atoms with Crippen LogP contribution >= 0.6 is 0 Å². The van der Waals surface area contributed by atoms with Gasteiger partial charge >= 0.3 is 0 Å². The molecule has 0 amide bonds. The summed E-state index contributed by atoms with van der Waals surface area (Å²) < 4.78 is 18.7. The highest BCUT2D eigenvalue weighted by atomic mass is 19.1. The predicted octanol–water partition coefficient (Wildman–Crippen LogP) is 2.04. The molecule has 1 N–H and O–H groups in total. The molecule has 0 unspecified atom stereocenters. The summed E-state index contributed by atoms with van der Waals surface area (Å²) in [5.41, 5.74) is 1.85. The Balaban J connectivity index is 2.52. The number of halogens is 1. The summed E-state index contributed by atoms with van der Waals surface area (Å²) in [7, 11) is 1.50. The molecular formula is C11H14FNO. The van der Waals surface area contributed by atoms with E-state index in [1.165, 1.54) is 7.11 Å². The predicted molar refractivity (Wildman–Crippen MR) is 53.1 cm³/mol. The van der Waals surface area contributed by atoms with Gasteiger partial charge in [-0.25, -0.2) is 4.39 Å². The van der Waals surface area contributed by atoms with Gasteiger partial charge in [-0.3, -0.25) is 0 Å². The fourth-order valence-electron chi connectivity index (χ4n) is 1.96. The average Bonchev–Trinajstić information content (AvgIpc) is 2.20. The monoisotopic (exact) mass is 195 g/mol. The lowest BCUT2D eigenvalue weighted by Gasteiger charge is -2.24. The van der Waals surface area contributed by atoms with Crippen LogP contribution in [-0.2, 0) is 6.42 Å². The third-order valence-electron chi connectivity index (χ3n) is 2.76. The largest absolute Gasteiger partial charge is 0.494 e. The number of hydrogen-bond acceptors (Lipinski definition) is 2. The van der Waals surface area contributed by atoms with E-state index in [4.69, 9.17) is 4.74 Å². The molecule has 0 aromatic heterocycles. The maximum atomic E-state index is 13.8. The van der Waals surface area contributed by atoms with Crippen LogP contribution in [0.15, 0.2) is 12.1 Å². The standard InChI is InChI=1S/C11H14FNO/c1-7-8-3-4-10(14-2)11(12)9(8)5-6-13-7/h3-4,7,13H,5-6H2,1-2H3/t7-/m0/s1. The van der Waals surface area contributed by atoms with Crippen molar-refractivity contribution in [3.63, 3.8) is 0 Å². The van der Waals surface area contributed by atoms with Gasteiger partial charge in [-0.15, -0.1) is 0 Å². The van der Waals surface area contributed by atoms with Gasteiger partial charge in [-0.1, -0.05) is 6.07 Å². The van der Waals surface area contributed by atoms with Gasteiger partial charge in [-0.05, 0) is 37.1 Å². The van der Waals surface area contributed by atoms with Crippen molar-refractivity contribution in [3.8, 4) is 5.75 Å². The normalized spacial score (nSPS) is 20.4. The van der Waals surface area contributed by atoms with Crippen LogP contribution in [-0.4, -0.2) is 13.7 Å². The molecule has 0 radical (unpaired) electrons.